The molecule has 0 spiro atoms. The number of methoxy groups -OCH3 is 1. The Morgan fingerprint density at radius 1 is 1.24 bits per heavy atom. The van der Waals surface area contributed by atoms with Crippen molar-refractivity contribution in [1.82, 2.24) is 24.4 Å². The van der Waals surface area contributed by atoms with Gasteiger partial charge in [-0.3, -0.25) is 13.9 Å². The summed E-state index contributed by atoms with van der Waals surface area (Å²) in [6, 6.07) is 0. The van der Waals surface area contributed by atoms with Gasteiger partial charge in [-0.25, -0.2) is 9.59 Å². The number of esters is 1. The number of aromatic nitrogens is 4. The summed E-state index contributed by atoms with van der Waals surface area (Å²) in [7, 11) is 1.27. The number of carboxylic acids is 1. The second-order valence-electron chi connectivity index (χ2n) is 6.49. The molecule has 0 radical (unpaired) electrons. The van der Waals surface area contributed by atoms with E-state index in [9.17, 15) is 22.8 Å². The first-order valence-corrected chi connectivity index (χ1v) is 9.77. The minimum absolute atomic E-state index is 0.0170. The second kappa shape index (κ2) is 11.0. The highest BCUT2D eigenvalue weighted by Gasteiger charge is 2.38. The van der Waals surface area contributed by atoms with Crippen molar-refractivity contribution in [1.29, 1.82) is 0 Å². The zero-order chi connectivity index (χ0) is 24.8. The Hall–Kier alpha value is -3.31. The number of carboxylic acid groups (broad SMARTS) is 1. The number of hydrogen-bond donors (Lipinski definition) is 2. The van der Waals surface area contributed by atoms with Gasteiger partial charge in [0.05, 0.1) is 13.7 Å². The molecule has 1 saturated heterocycles. The van der Waals surface area contributed by atoms with E-state index >= 15 is 0 Å². The largest absolute Gasteiger partial charge is 0.490 e. The van der Waals surface area contributed by atoms with Crippen molar-refractivity contribution in [2.24, 2.45) is 0 Å². The van der Waals surface area contributed by atoms with Crippen molar-refractivity contribution >= 4 is 40.5 Å². The van der Waals surface area contributed by atoms with Gasteiger partial charge in [0.25, 0.3) is 0 Å². The lowest BCUT2D eigenvalue weighted by Gasteiger charge is -2.28. The first kappa shape index (κ1) is 25.9. The Morgan fingerprint density at radius 3 is 2.36 bits per heavy atom. The molecule has 1 aliphatic rings. The molecule has 2 N–H and O–H groups in total. The number of ether oxygens (including phenoxy) is 1. The Bertz CT molecular complexity index is 1140. The predicted molar refractivity (Wildman–Crippen MR) is 111 cm³/mol. The van der Waals surface area contributed by atoms with Crippen LogP contribution in [0.25, 0.3) is 11.2 Å². The second-order valence-corrected chi connectivity index (χ2v) is 6.82. The molecule has 0 saturated carbocycles. The molecular formula is C18H20ClF3N6O5. The molecule has 33 heavy (non-hydrogen) atoms. The SMILES string of the molecule is CC#CCn1c(=O)n(CC(=O)OC)c2nc(Cl)nc(N3CCNCC3)c21.O=C(O)C(F)(F)F. The number of fused-ring (bicyclic) bond motifs is 1. The average Bonchev–Trinajstić information content (AvgIpc) is 3.02. The Kier molecular flexibility index (Phi) is 8.66. The van der Waals surface area contributed by atoms with Gasteiger partial charge in [0.15, 0.2) is 11.5 Å². The van der Waals surface area contributed by atoms with Crippen LogP contribution in [-0.2, 0) is 27.4 Å². The van der Waals surface area contributed by atoms with Crippen molar-refractivity contribution in [3.8, 4) is 11.8 Å². The fraction of sp³-hybridized carbons (Fsp3) is 0.500. The van der Waals surface area contributed by atoms with E-state index in [4.69, 9.17) is 26.2 Å². The maximum Gasteiger partial charge on any atom is 0.490 e. The van der Waals surface area contributed by atoms with Gasteiger partial charge in [-0.05, 0) is 18.5 Å². The molecule has 1 aliphatic heterocycles. The van der Waals surface area contributed by atoms with Crippen LogP contribution in [0.4, 0.5) is 19.0 Å². The molecule has 0 bridgehead atoms. The van der Waals surface area contributed by atoms with Crippen molar-refractivity contribution in [3.63, 3.8) is 0 Å². The standard InChI is InChI=1S/C16H19ClN6O3.C2HF3O2/c1-3-4-7-22-12-13(21-8-5-18-6-9-21)19-15(17)20-14(12)23(16(22)25)10-11(24)26-2;3-2(4,5)1(6)7/h18H,5-10H2,1-2H3;(H,6,7). The molecule has 15 heteroatoms. The third-order valence-electron chi connectivity index (χ3n) is 4.40. The van der Waals surface area contributed by atoms with E-state index in [-0.39, 0.29) is 18.4 Å². The molecule has 2 aromatic rings. The summed E-state index contributed by atoms with van der Waals surface area (Å²) in [6.07, 6.45) is -5.08. The Morgan fingerprint density at radius 2 is 1.85 bits per heavy atom. The number of anilines is 1. The summed E-state index contributed by atoms with van der Waals surface area (Å²) in [5, 5.41) is 10.4. The third-order valence-corrected chi connectivity index (χ3v) is 4.56. The molecular weight excluding hydrogens is 473 g/mol. The molecule has 0 atom stereocenters. The van der Waals surface area contributed by atoms with Crippen molar-refractivity contribution in [3.05, 3.63) is 15.8 Å². The third kappa shape index (κ3) is 6.36. The number of nitrogens with zero attached hydrogens (tertiary/aromatic N) is 5. The number of carbonyl (C=O) groups excluding carboxylic acids is 1. The lowest BCUT2D eigenvalue weighted by atomic mass is 10.3. The maximum atomic E-state index is 12.9. The minimum atomic E-state index is -5.08. The van der Waals surface area contributed by atoms with Gasteiger partial charge in [0, 0.05) is 26.2 Å². The summed E-state index contributed by atoms with van der Waals surface area (Å²) < 4.78 is 39.2. The van der Waals surface area contributed by atoms with Gasteiger partial charge in [-0.15, -0.1) is 5.92 Å². The number of rotatable bonds is 4. The number of piperazine rings is 1. The van der Waals surface area contributed by atoms with Crippen LogP contribution < -0.4 is 15.9 Å². The lowest BCUT2D eigenvalue weighted by Crippen LogP contribution is -2.44. The predicted octanol–water partition coefficient (Wildman–Crippen LogP) is 0.486. The van der Waals surface area contributed by atoms with Gasteiger partial charge in [0.1, 0.15) is 12.1 Å². The maximum absolute atomic E-state index is 12.9. The number of aliphatic carboxylic acids is 1. The van der Waals surface area contributed by atoms with Crippen molar-refractivity contribution in [2.45, 2.75) is 26.2 Å². The Labute approximate surface area is 190 Å². The molecule has 180 valence electrons. The average molecular weight is 493 g/mol. The van der Waals surface area contributed by atoms with E-state index < -0.39 is 23.8 Å². The summed E-state index contributed by atoms with van der Waals surface area (Å²) in [6.45, 7) is 4.65. The van der Waals surface area contributed by atoms with Crippen LogP contribution in [0, 0.1) is 11.8 Å². The van der Waals surface area contributed by atoms with E-state index in [2.05, 4.69) is 27.1 Å². The van der Waals surface area contributed by atoms with Gasteiger partial charge in [-0.2, -0.15) is 23.1 Å². The van der Waals surface area contributed by atoms with Crippen LogP contribution in [0.3, 0.4) is 0 Å². The fourth-order valence-corrected chi connectivity index (χ4v) is 3.07. The smallest absolute Gasteiger partial charge is 0.475 e. The van der Waals surface area contributed by atoms with Crippen LogP contribution in [0.15, 0.2) is 4.79 Å². The van der Waals surface area contributed by atoms with Crippen LogP contribution in [0.1, 0.15) is 6.92 Å². The molecule has 0 amide bonds. The summed E-state index contributed by atoms with van der Waals surface area (Å²) >= 11 is 6.12. The van der Waals surface area contributed by atoms with Crippen LogP contribution in [0.2, 0.25) is 5.28 Å². The zero-order valence-corrected chi connectivity index (χ0v) is 18.3. The highest BCUT2D eigenvalue weighted by molar-refractivity contribution is 6.28. The van der Waals surface area contributed by atoms with Gasteiger partial charge < -0.3 is 20.1 Å². The number of halogens is 4. The quantitative estimate of drug-likeness (QED) is 0.355. The lowest BCUT2D eigenvalue weighted by molar-refractivity contribution is -0.192. The highest BCUT2D eigenvalue weighted by Crippen LogP contribution is 2.25. The molecule has 2 aromatic heterocycles. The van der Waals surface area contributed by atoms with Crippen molar-refractivity contribution in [2.75, 3.05) is 38.2 Å². The topological polar surface area (TPSA) is 132 Å². The molecule has 3 heterocycles. The highest BCUT2D eigenvalue weighted by atomic mass is 35.5. The molecule has 11 nitrogen and oxygen atoms in total. The van der Waals surface area contributed by atoms with Gasteiger partial charge >= 0.3 is 23.8 Å². The monoisotopic (exact) mass is 492 g/mol. The summed E-state index contributed by atoms with van der Waals surface area (Å²) in [4.78, 5) is 44.2. The van der Waals surface area contributed by atoms with Crippen LogP contribution >= 0.6 is 11.6 Å². The minimum Gasteiger partial charge on any atom is -0.475 e. The van der Waals surface area contributed by atoms with E-state index in [1.54, 1.807) is 6.92 Å². The number of nitrogens with one attached hydrogen (secondary N) is 1. The molecule has 0 aliphatic carbocycles. The van der Waals surface area contributed by atoms with Gasteiger partial charge in [-0.1, -0.05) is 5.92 Å². The van der Waals surface area contributed by atoms with Crippen LogP contribution in [0.5, 0.6) is 0 Å². The van der Waals surface area contributed by atoms with E-state index in [0.717, 1.165) is 26.2 Å². The molecule has 3 rings (SSSR count). The van der Waals surface area contributed by atoms with E-state index in [1.165, 1.54) is 16.2 Å². The van der Waals surface area contributed by atoms with Gasteiger partial charge in [0.2, 0.25) is 5.28 Å². The van der Waals surface area contributed by atoms with Crippen LogP contribution in [-0.4, -0.2) is 75.6 Å². The fourth-order valence-electron chi connectivity index (χ4n) is 2.91. The number of hydrogen-bond acceptors (Lipinski definition) is 8. The molecule has 0 aromatic carbocycles. The number of carbonyl (C=O) groups is 2. The number of alkyl halides is 3. The first-order chi connectivity index (χ1) is 15.5. The molecule has 1 fully saturated rings. The summed E-state index contributed by atoms with van der Waals surface area (Å²) in [5.74, 6) is 2.93. The van der Waals surface area contributed by atoms with Crippen molar-refractivity contribution < 1.29 is 32.6 Å². The number of imidazole rings is 1. The normalized spacial score (nSPS) is 13.6. The Balaban J connectivity index is 0.000000479. The van der Waals surface area contributed by atoms with E-state index in [1.807, 2.05) is 4.90 Å². The molecule has 0 unspecified atom stereocenters. The van der Waals surface area contributed by atoms with E-state index in [0.29, 0.717) is 17.0 Å². The summed E-state index contributed by atoms with van der Waals surface area (Å²) in [5.41, 5.74) is 0.417. The first-order valence-electron chi connectivity index (χ1n) is 9.40. The zero-order valence-electron chi connectivity index (χ0n) is 17.6.